The molecule has 0 radical (unpaired) electrons. The zero-order valence-corrected chi connectivity index (χ0v) is 13.7. The fourth-order valence-corrected chi connectivity index (χ4v) is 1.53. The highest BCUT2D eigenvalue weighted by molar-refractivity contribution is 5.94. The molecule has 0 aromatic heterocycles. The molecule has 0 saturated carbocycles. The van der Waals surface area contributed by atoms with E-state index in [0.29, 0.717) is 5.56 Å². The molecular formula is C17H31NO. The lowest BCUT2D eigenvalue weighted by atomic mass is 9.86. The van der Waals surface area contributed by atoms with Crippen molar-refractivity contribution in [1.29, 1.82) is 0 Å². The molecule has 19 heavy (non-hydrogen) atoms. The van der Waals surface area contributed by atoms with Crippen LogP contribution in [0.2, 0.25) is 0 Å². The van der Waals surface area contributed by atoms with E-state index in [9.17, 15) is 4.79 Å². The molecule has 0 aliphatic rings. The second kappa shape index (κ2) is 6.74. The molecule has 1 N–H and O–H groups in total. The number of nitrogens with one attached hydrogen (secondary N) is 1. The van der Waals surface area contributed by atoms with Crippen LogP contribution in [0.1, 0.15) is 72.7 Å². The van der Waals surface area contributed by atoms with E-state index >= 15 is 0 Å². The van der Waals surface area contributed by atoms with Crippen molar-refractivity contribution in [3.63, 3.8) is 0 Å². The number of rotatable bonds is 1. The fraction of sp³-hybridized carbons (Fsp3) is 0.588. The van der Waals surface area contributed by atoms with Crippen LogP contribution in [0.4, 0.5) is 0 Å². The van der Waals surface area contributed by atoms with Gasteiger partial charge in [-0.15, -0.1) is 0 Å². The molecule has 0 saturated heterocycles. The fourth-order valence-electron chi connectivity index (χ4n) is 1.53. The molecule has 2 nitrogen and oxygen atoms in total. The van der Waals surface area contributed by atoms with Crippen molar-refractivity contribution < 1.29 is 6.22 Å². The molecule has 0 atom stereocenters. The first-order valence-electron chi connectivity index (χ1n) is 7.03. The number of carbonyl (C=O) groups excluding carboxylic acids is 1. The summed E-state index contributed by atoms with van der Waals surface area (Å²) in [7, 11) is 0. The van der Waals surface area contributed by atoms with Crippen molar-refractivity contribution in [2.45, 2.75) is 66.3 Å². The van der Waals surface area contributed by atoms with Gasteiger partial charge in [0.25, 0.3) is 5.91 Å². The first-order valence-corrected chi connectivity index (χ1v) is 7.03. The highest BCUT2D eigenvalue weighted by atomic mass is 16.1. The Hall–Kier alpha value is -1.31. The van der Waals surface area contributed by atoms with Crippen LogP contribution < -0.4 is 5.32 Å². The van der Waals surface area contributed by atoms with E-state index in [2.05, 4.69) is 26.1 Å². The average Bonchev–Trinajstić information content (AvgIpc) is 2.28. The maximum absolute atomic E-state index is 11.9. The van der Waals surface area contributed by atoms with E-state index in [-0.39, 0.29) is 18.3 Å². The summed E-state index contributed by atoms with van der Waals surface area (Å²) in [6.45, 7) is 16.4. The predicted molar refractivity (Wildman–Crippen MR) is 85.8 cm³/mol. The molecule has 0 spiro atoms. The Bertz CT molecular complexity index is 396. The van der Waals surface area contributed by atoms with Gasteiger partial charge in [0, 0.05) is 12.5 Å². The monoisotopic (exact) mass is 265 g/mol. The number of hydrogen-bond acceptors (Lipinski definition) is 1. The van der Waals surface area contributed by atoms with Crippen LogP contribution in [-0.4, -0.2) is 11.4 Å². The van der Waals surface area contributed by atoms with Gasteiger partial charge in [0.15, 0.2) is 0 Å². The lowest BCUT2D eigenvalue weighted by Crippen LogP contribution is -2.40. The van der Waals surface area contributed by atoms with Crippen molar-refractivity contribution in [3.8, 4) is 0 Å². The molecular weight excluding hydrogens is 234 g/mol. The van der Waals surface area contributed by atoms with Crippen LogP contribution >= 0.6 is 0 Å². The third-order valence-corrected chi connectivity index (χ3v) is 2.50. The number of amides is 1. The van der Waals surface area contributed by atoms with Gasteiger partial charge in [0.2, 0.25) is 0 Å². The molecule has 0 aliphatic heterocycles. The Kier molecular flexibility index (Phi) is 6.28. The first kappa shape index (κ1) is 17.7. The van der Waals surface area contributed by atoms with Gasteiger partial charge in [-0.25, -0.2) is 0 Å². The van der Waals surface area contributed by atoms with Gasteiger partial charge in [-0.1, -0.05) is 46.8 Å². The molecule has 0 unspecified atom stereocenters. The van der Waals surface area contributed by atoms with Crippen molar-refractivity contribution in [1.82, 2.24) is 5.32 Å². The minimum atomic E-state index is -0.195. The third-order valence-electron chi connectivity index (χ3n) is 2.50. The van der Waals surface area contributed by atoms with Gasteiger partial charge in [0.1, 0.15) is 0 Å². The smallest absolute Gasteiger partial charge is 0.251 e. The van der Waals surface area contributed by atoms with Crippen LogP contribution in [0.15, 0.2) is 24.3 Å². The standard InChI is InChI=1S/C15H23NO.C2H6.H2/c1-14(2,3)12-9-7-11(8-10-12)13(17)16-15(4,5)6;1-2;/h7-10H,1-6H3,(H,16,17);1-2H3;1H. The maximum atomic E-state index is 11.9. The van der Waals surface area contributed by atoms with Gasteiger partial charge in [0.05, 0.1) is 0 Å². The van der Waals surface area contributed by atoms with Crippen molar-refractivity contribution in [2.24, 2.45) is 0 Å². The van der Waals surface area contributed by atoms with Crippen LogP contribution in [-0.2, 0) is 5.41 Å². The number of benzene rings is 1. The Morgan fingerprint density at radius 3 is 1.68 bits per heavy atom. The molecule has 0 heterocycles. The normalized spacial score (nSPS) is 11.4. The summed E-state index contributed by atoms with van der Waals surface area (Å²) in [5, 5.41) is 2.95. The molecule has 1 amide bonds. The van der Waals surface area contributed by atoms with Crippen LogP contribution in [0.25, 0.3) is 0 Å². The summed E-state index contributed by atoms with van der Waals surface area (Å²) >= 11 is 0. The summed E-state index contributed by atoms with van der Waals surface area (Å²) in [5.41, 5.74) is 1.89. The topological polar surface area (TPSA) is 29.1 Å². The molecule has 2 heteroatoms. The van der Waals surface area contributed by atoms with Crippen molar-refractivity contribution in [3.05, 3.63) is 35.4 Å². The van der Waals surface area contributed by atoms with Gasteiger partial charge < -0.3 is 5.32 Å². The second-order valence-electron chi connectivity index (χ2n) is 6.53. The summed E-state index contributed by atoms with van der Waals surface area (Å²) in [5.74, 6) is -0.0158. The molecule has 1 aromatic carbocycles. The zero-order chi connectivity index (χ0) is 15.3. The highest BCUT2D eigenvalue weighted by Gasteiger charge is 2.17. The van der Waals surface area contributed by atoms with Gasteiger partial charge in [-0.05, 0) is 43.9 Å². The van der Waals surface area contributed by atoms with Crippen LogP contribution in [0.3, 0.4) is 0 Å². The minimum absolute atomic E-state index is 0. The summed E-state index contributed by atoms with van der Waals surface area (Å²) < 4.78 is 0. The first-order chi connectivity index (χ1) is 8.59. The molecule has 0 fully saturated rings. The van der Waals surface area contributed by atoms with E-state index < -0.39 is 0 Å². The predicted octanol–water partition coefficient (Wildman–Crippen LogP) is 4.78. The van der Waals surface area contributed by atoms with E-state index in [0.717, 1.165) is 0 Å². The lowest BCUT2D eigenvalue weighted by Gasteiger charge is -2.22. The van der Waals surface area contributed by atoms with E-state index in [4.69, 9.17) is 0 Å². The van der Waals surface area contributed by atoms with E-state index in [1.54, 1.807) is 0 Å². The Morgan fingerprint density at radius 1 is 0.947 bits per heavy atom. The quantitative estimate of drug-likeness (QED) is 0.777. The molecule has 110 valence electrons. The molecule has 1 aromatic rings. The Morgan fingerprint density at radius 2 is 1.37 bits per heavy atom. The molecule has 1 rings (SSSR count). The largest absolute Gasteiger partial charge is 0.347 e. The van der Waals surface area contributed by atoms with Crippen molar-refractivity contribution in [2.75, 3.05) is 0 Å². The lowest BCUT2D eigenvalue weighted by molar-refractivity contribution is 0.0919. The van der Waals surface area contributed by atoms with E-state index in [1.807, 2.05) is 58.9 Å². The Labute approximate surface area is 120 Å². The second-order valence-corrected chi connectivity index (χ2v) is 6.53. The average molecular weight is 265 g/mol. The van der Waals surface area contributed by atoms with Crippen molar-refractivity contribution >= 4 is 5.91 Å². The van der Waals surface area contributed by atoms with Crippen LogP contribution in [0, 0.1) is 0 Å². The number of hydrogen-bond donors (Lipinski definition) is 1. The SMILES string of the molecule is CC.CC(C)(C)NC(=O)c1ccc(C(C)(C)C)cc1.[HH]. The minimum Gasteiger partial charge on any atom is -0.347 e. The number of carbonyl (C=O) groups is 1. The zero-order valence-electron chi connectivity index (χ0n) is 13.7. The van der Waals surface area contributed by atoms with Gasteiger partial charge in [-0.2, -0.15) is 0 Å². The Balaban J connectivity index is 0. The molecule has 0 aliphatic carbocycles. The summed E-state index contributed by atoms with van der Waals surface area (Å²) in [6.07, 6.45) is 0. The summed E-state index contributed by atoms with van der Waals surface area (Å²) in [6, 6.07) is 7.83. The highest BCUT2D eigenvalue weighted by Crippen LogP contribution is 2.22. The molecule has 0 bridgehead atoms. The summed E-state index contributed by atoms with van der Waals surface area (Å²) in [4.78, 5) is 11.9. The van der Waals surface area contributed by atoms with E-state index in [1.165, 1.54) is 5.56 Å². The van der Waals surface area contributed by atoms with Gasteiger partial charge >= 0.3 is 0 Å². The van der Waals surface area contributed by atoms with Crippen LogP contribution in [0.5, 0.6) is 0 Å². The third kappa shape index (κ3) is 6.42. The maximum Gasteiger partial charge on any atom is 0.251 e. The van der Waals surface area contributed by atoms with Gasteiger partial charge in [-0.3, -0.25) is 4.79 Å².